The van der Waals surface area contributed by atoms with Crippen LogP contribution in [0.5, 0.6) is 0 Å². The molecule has 2 N–H and O–H groups in total. The van der Waals surface area contributed by atoms with Crippen molar-refractivity contribution in [2.24, 2.45) is 17.1 Å². The molecule has 1 saturated heterocycles. The van der Waals surface area contributed by atoms with Gasteiger partial charge in [-0.15, -0.1) is 12.4 Å². The van der Waals surface area contributed by atoms with Crippen LogP contribution < -0.4 is 5.73 Å². The number of amides is 1. The number of carbonyl (C=O) groups excluding carboxylic acids is 1. The number of nitrogens with two attached hydrogens (primary N) is 1. The molecule has 22 heavy (non-hydrogen) atoms. The van der Waals surface area contributed by atoms with Gasteiger partial charge in [0.15, 0.2) is 0 Å². The normalized spacial score (nSPS) is 17.9. The molecule has 0 radical (unpaired) electrons. The standard InChI is InChI=1S/C14H29N3O3S.ClH/c1-5-21(19,20)17-8-6-12(7-9-17)13(18)16(4)11-14(2,3)10-15;/h12H,5-11,15H2,1-4H3;1H. The molecule has 0 aromatic rings. The first kappa shape index (κ1) is 21.6. The molecule has 0 aromatic heterocycles. The van der Waals surface area contributed by atoms with Crippen LogP contribution in [0, 0.1) is 11.3 Å². The highest BCUT2D eigenvalue weighted by molar-refractivity contribution is 7.89. The average molecular weight is 356 g/mol. The molecule has 1 fully saturated rings. The highest BCUT2D eigenvalue weighted by Gasteiger charge is 2.32. The first-order valence-electron chi connectivity index (χ1n) is 7.56. The van der Waals surface area contributed by atoms with Gasteiger partial charge in [-0.25, -0.2) is 12.7 Å². The molecule has 1 aliphatic heterocycles. The molecule has 0 spiro atoms. The quantitative estimate of drug-likeness (QED) is 0.767. The third kappa shape index (κ3) is 5.68. The fourth-order valence-electron chi connectivity index (χ4n) is 2.66. The predicted octanol–water partition coefficient (Wildman–Crippen LogP) is 0.913. The van der Waals surface area contributed by atoms with Crippen LogP contribution in [0.25, 0.3) is 0 Å². The minimum atomic E-state index is -3.13. The Balaban J connectivity index is 0.00000441. The Morgan fingerprint density at radius 2 is 1.82 bits per heavy atom. The Hall–Kier alpha value is -0.370. The highest BCUT2D eigenvalue weighted by atomic mass is 35.5. The third-order valence-corrected chi connectivity index (χ3v) is 6.04. The summed E-state index contributed by atoms with van der Waals surface area (Å²) in [4.78, 5) is 14.2. The Morgan fingerprint density at radius 1 is 1.32 bits per heavy atom. The molecule has 0 bridgehead atoms. The van der Waals surface area contributed by atoms with Crippen LogP contribution >= 0.6 is 12.4 Å². The zero-order valence-corrected chi connectivity index (χ0v) is 15.7. The lowest BCUT2D eigenvalue weighted by molar-refractivity contribution is -0.136. The van der Waals surface area contributed by atoms with Crippen molar-refractivity contribution in [1.29, 1.82) is 0 Å². The zero-order valence-electron chi connectivity index (χ0n) is 14.0. The summed E-state index contributed by atoms with van der Waals surface area (Å²) in [6, 6.07) is 0. The van der Waals surface area contributed by atoms with Crippen LogP contribution in [0.1, 0.15) is 33.6 Å². The second kappa shape index (κ2) is 8.47. The summed E-state index contributed by atoms with van der Waals surface area (Å²) < 4.78 is 25.1. The summed E-state index contributed by atoms with van der Waals surface area (Å²) in [5.74, 6) is 0.146. The third-order valence-electron chi connectivity index (χ3n) is 4.16. The summed E-state index contributed by atoms with van der Waals surface area (Å²) in [7, 11) is -1.33. The van der Waals surface area contributed by atoms with Crippen LogP contribution in [-0.2, 0) is 14.8 Å². The van der Waals surface area contributed by atoms with Gasteiger partial charge in [-0.05, 0) is 31.7 Å². The molecule has 1 heterocycles. The van der Waals surface area contributed by atoms with E-state index < -0.39 is 10.0 Å². The van der Waals surface area contributed by atoms with Crippen LogP contribution in [0.2, 0.25) is 0 Å². The summed E-state index contributed by atoms with van der Waals surface area (Å²) in [5.41, 5.74) is 5.60. The van der Waals surface area contributed by atoms with E-state index >= 15 is 0 Å². The van der Waals surface area contributed by atoms with Crippen molar-refractivity contribution in [3.05, 3.63) is 0 Å². The van der Waals surface area contributed by atoms with Crippen molar-refractivity contribution in [2.45, 2.75) is 33.6 Å². The summed E-state index contributed by atoms with van der Waals surface area (Å²) in [6.45, 7) is 7.75. The van der Waals surface area contributed by atoms with E-state index in [-0.39, 0.29) is 35.4 Å². The second-order valence-electron chi connectivity index (χ2n) is 6.64. The smallest absolute Gasteiger partial charge is 0.225 e. The van der Waals surface area contributed by atoms with Crippen molar-refractivity contribution in [1.82, 2.24) is 9.21 Å². The van der Waals surface area contributed by atoms with Crippen LogP contribution in [-0.4, -0.2) is 62.5 Å². The van der Waals surface area contributed by atoms with E-state index in [2.05, 4.69) is 0 Å². The van der Waals surface area contributed by atoms with E-state index in [1.165, 1.54) is 4.31 Å². The number of hydrogen-bond donors (Lipinski definition) is 1. The Bertz CT molecular complexity index is 460. The second-order valence-corrected chi connectivity index (χ2v) is 8.89. The van der Waals surface area contributed by atoms with Crippen molar-refractivity contribution in [2.75, 3.05) is 39.0 Å². The van der Waals surface area contributed by atoms with E-state index in [1.807, 2.05) is 13.8 Å². The lowest BCUT2D eigenvalue weighted by Gasteiger charge is -2.35. The van der Waals surface area contributed by atoms with Gasteiger partial charge in [-0.3, -0.25) is 4.79 Å². The van der Waals surface area contributed by atoms with Crippen molar-refractivity contribution < 1.29 is 13.2 Å². The number of carbonyl (C=O) groups is 1. The predicted molar refractivity (Wildman–Crippen MR) is 91.5 cm³/mol. The molecule has 1 aliphatic rings. The molecule has 1 amide bonds. The molecule has 132 valence electrons. The topological polar surface area (TPSA) is 83.7 Å². The van der Waals surface area contributed by atoms with Gasteiger partial charge in [0, 0.05) is 32.6 Å². The maximum Gasteiger partial charge on any atom is 0.225 e. The summed E-state index contributed by atoms with van der Waals surface area (Å²) in [6.07, 6.45) is 1.21. The van der Waals surface area contributed by atoms with Crippen molar-refractivity contribution in [3.8, 4) is 0 Å². The number of nitrogens with zero attached hydrogens (tertiary/aromatic N) is 2. The van der Waals surface area contributed by atoms with Crippen LogP contribution in [0.4, 0.5) is 0 Å². The lowest BCUT2D eigenvalue weighted by Crippen LogP contribution is -2.46. The molecule has 6 nitrogen and oxygen atoms in total. The fourth-order valence-corrected chi connectivity index (χ4v) is 3.79. The molecule has 8 heteroatoms. The highest BCUT2D eigenvalue weighted by Crippen LogP contribution is 2.23. The average Bonchev–Trinajstić information content (AvgIpc) is 2.46. The summed E-state index contributed by atoms with van der Waals surface area (Å²) >= 11 is 0. The first-order chi connectivity index (χ1) is 9.63. The lowest BCUT2D eigenvalue weighted by atomic mass is 9.91. The number of sulfonamides is 1. The number of hydrogen-bond acceptors (Lipinski definition) is 4. The first-order valence-corrected chi connectivity index (χ1v) is 9.17. The van der Waals surface area contributed by atoms with Crippen LogP contribution in [0.15, 0.2) is 0 Å². The van der Waals surface area contributed by atoms with E-state index in [1.54, 1.807) is 18.9 Å². The number of rotatable bonds is 6. The maximum absolute atomic E-state index is 12.4. The summed E-state index contributed by atoms with van der Waals surface area (Å²) in [5, 5.41) is 0. The van der Waals surface area contributed by atoms with E-state index in [0.717, 1.165) is 0 Å². The molecule has 0 aliphatic carbocycles. The number of piperidine rings is 1. The van der Waals surface area contributed by atoms with Gasteiger partial charge in [0.25, 0.3) is 0 Å². The van der Waals surface area contributed by atoms with E-state index in [9.17, 15) is 13.2 Å². The largest absolute Gasteiger partial charge is 0.345 e. The van der Waals surface area contributed by atoms with Crippen LogP contribution in [0.3, 0.4) is 0 Å². The Morgan fingerprint density at radius 3 is 2.23 bits per heavy atom. The molecule has 0 saturated carbocycles. The Labute approximate surface area is 140 Å². The van der Waals surface area contributed by atoms with E-state index in [0.29, 0.717) is 39.0 Å². The SMILES string of the molecule is CCS(=O)(=O)N1CCC(C(=O)N(C)CC(C)(C)CN)CC1.Cl. The molecular formula is C14H30ClN3O3S. The maximum atomic E-state index is 12.4. The zero-order chi connectivity index (χ0) is 16.3. The Kier molecular flexibility index (Phi) is 8.33. The monoisotopic (exact) mass is 355 g/mol. The van der Waals surface area contributed by atoms with E-state index in [4.69, 9.17) is 5.73 Å². The van der Waals surface area contributed by atoms with Crippen molar-refractivity contribution in [3.63, 3.8) is 0 Å². The van der Waals surface area contributed by atoms with Gasteiger partial charge >= 0.3 is 0 Å². The fraction of sp³-hybridized carbons (Fsp3) is 0.929. The van der Waals surface area contributed by atoms with Crippen molar-refractivity contribution >= 4 is 28.3 Å². The molecular weight excluding hydrogens is 326 g/mol. The minimum Gasteiger partial charge on any atom is -0.345 e. The minimum absolute atomic E-state index is 0. The van der Waals surface area contributed by atoms with Gasteiger partial charge in [0.05, 0.1) is 5.75 Å². The van der Waals surface area contributed by atoms with Gasteiger partial charge in [0.1, 0.15) is 0 Å². The van der Waals surface area contributed by atoms with Gasteiger partial charge in [-0.2, -0.15) is 0 Å². The number of halogens is 1. The molecule has 0 atom stereocenters. The molecule has 0 aromatic carbocycles. The van der Waals surface area contributed by atoms with Gasteiger partial charge in [-0.1, -0.05) is 13.8 Å². The molecule has 0 unspecified atom stereocenters. The molecule has 1 rings (SSSR count). The van der Waals surface area contributed by atoms with Gasteiger partial charge in [0.2, 0.25) is 15.9 Å². The van der Waals surface area contributed by atoms with Gasteiger partial charge < -0.3 is 10.6 Å².